The third-order valence-corrected chi connectivity index (χ3v) is 5.71. The number of nitrogens with two attached hydrogens (primary N) is 1. The summed E-state index contributed by atoms with van der Waals surface area (Å²) < 4.78 is 32.2. The molecule has 0 aliphatic rings. The Morgan fingerprint density at radius 1 is 1.47 bits per heavy atom. The summed E-state index contributed by atoms with van der Waals surface area (Å²) in [4.78, 5) is 0. The van der Waals surface area contributed by atoms with Crippen LogP contribution in [-0.2, 0) is 10.0 Å². The highest BCUT2D eigenvalue weighted by atomic mass is 32.2. The number of nitrogen functional groups attached to an aromatic ring is 1. The molecule has 2 aromatic rings. The molecule has 0 aromatic carbocycles. The van der Waals surface area contributed by atoms with Crippen LogP contribution in [0.2, 0.25) is 0 Å². The minimum absolute atomic E-state index is 0.198. The zero-order chi connectivity index (χ0) is 14.2. The Bertz CT molecular complexity index is 668. The summed E-state index contributed by atoms with van der Waals surface area (Å²) in [6.45, 7) is 5.28. The summed E-state index contributed by atoms with van der Waals surface area (Å²) in [7, 11) is -3.58. The Morgan fingerprint density at radius 3 is 2.63 bits per heavy atom. The average Bonchev–Trinajstić information content (AvgIpc) is 2.85. The van der Waals surface area contributed by atoms with Crippen LogP contribution in [0.1, 0.15) is 30.0 Å². The quantitative estimate of drug-likeness (QED) is 0.899. The molecular formula is C11H15N3O3S2. The Hall–Kier alpha value is -1.38. The van der Waals surface area contributed by atoms with Crippen molar-refractivity contribution < 1.29 is 12.9 Å². The zero-order valence-corrected chi connectivity index (χ0v) is 12.4. The van der Waals surface area contributed by atoms with E-state index in [1.807, 2.05) is 0 Å². The standard InChI is InChI=1S/C11H15N3O3S2/c1-6-11(8(3)17-13-6)7(2)14-19(15,16)10-4-9(12)5-18-10/h4-5,7,14H,12H2,1-3H3. The predicted molar refractivity (Wildman–Crippen MR) is 73.4 cm³/mol. The molecule has 0 saturated carbocycles. The van der Waals surface area contributed by atoms with Gasteiger partial charge in [0.1, 0.15) is 9.97 Å². The summed E-state index contributed by atoms with van der Waals surface area (Å²) in [5.74, 6) is 0.610. The van der Waals surface area contributed by atoms with Gasteiger partial charge < -0.3 is 10.3 Å². The molecule has 8 heteroatoms. The molecule has 0 aliphatic carbocycles. The van der Waals surface area contributed by atoms with E-state index < -0.39 is 16.1 Å². The van der Waals surface area contributed by atoms with E-state index in [0.717, 1.165) is 16.9 Å². The van der Waals surface area contributed by atoms with Crippen molar-refractivity contribution >= 4 is 27.0 Å². The lowest BCUT2D eigenvalue weighted by molar-refractivity contribution is 0.391. The number of anilines is 1. The van der Waals surface area contributed by atoms with Gasteiger partial charge in [0, 0.05) is 22.7 Å². The van der Waals surface area contributed by atoms with Gasteiger partial charge >= 0.3 is 0 Å². The van der Waals surface area contributed by atoms with Crippen LogP contribution in [0.25, 0.3) is 0 Å². The first-order valence-corrected chi connectivity index (χ1v) is 7.96. The van der Waals surface area contributed by atoms with Gasteiger partial charge in [0.05, 0.1) is 5.69 Å². The molecule has 19 heavy (non-hydrogen) atoms. The highest BCUT2D eigenvalue weighted by Gasteiger charge is 2.24. The highest BCUT2D eigenvalue weighted by molar-refractivity contribution is 7.91. The second kappa shape index (κ2) is 4.95. The van der Waals surface area contributed by atoms with E-state index in [0.29, 0.717) is 17.1 Å². The maximum Gasteiger partial charge on any atom is 0.250 e. The third-order valence-electron chi connectivity index (χ3n) is 2.71. The first-order chi connectivity index (χ1) is 8.81. The molecular weight excluding hydrogens is 286 g/mol. The van der Waals surface area contributed by atoms with E-state index in [4.69, 9.17) is 10.3 Å². The van der Waals surface area contributed by atoms with Gasteiger partial charge in [-0.3, -0.25) is 0 Å². The number of aromatic nitrogens is 1. The van der Waals surface area contributed by atoms with Crippen molar-refractivity contribution in [3.8, 4) is 0 Å². The minimum atomic E-state index is -3.58. The largest absolute Gasteiger partial charge is 0.398 e. The van der Waals surface area contributed by atoms with Gasteiger partial charge in [0.2, 0.25) is 0 Å². The molecule has 1 atom stereocenters. The predicted octanol–water partition coefficient (Wildman–Crippen LogP) is 1.97. The normalized spacial score (nSPS) is 13.6. The number of hydrogen-bond acceptors (Lipinski definition) is 6. The summed E-state index contributed by atoms with van der Waals surface area (Å²) in [5, 5.41) is 5.41. The number of aryl methyl sites for hydroxylation is 2. The molecule has 104 valence electrons. The van der Waals surface area contributed by atoms with E-state index in [9.17, 15) is 8.42 Å². The molecule has 0 fully saturated rings. The minimum Gasteiger partial charge on any atom is -0.398 e. The van der Waals surface area contributed by atoms with Crippen LogP contribution >= 0.6 is 11.3 Å². The monoisotopic (exact) mass is 301 g/mol. The molecule has 1 unspecified atom stereocenters. The van der Waals surface area contributed by atoms with Crippen molar-refractivity contribution in [1.29, 1.82) is 0 Å². The molecule has 0 saturated heterocycles. The molecule has 3 N–H and O–H groups in total. The second-order valence-corrected chi connectivity index (χ2v) is 7.13. The molecule has 0 spiro atoms. The number of nitrogens with one attached hydrogen (secondary N) is 1. The molecule has 0 amide bonds. The van der Waals surface area contributed by atoms with Crippen molar-refractivity contribution in [1.82, 2.24) is 9.88 Å². The fourth-order valence-corrected chi connectivity index (χ4v) is 4.24. The second-order valence-electron chi connectivity index (χ2n) is 4.28. The van der Waals surface area contributed by atoms with Gasteiger partial charge in [-0.1, -0.05) is 5.16 Å². The van der Waals surface area contributed by atoms with Gasteiger partial charge in [-0.05, 0) is 26.8 Å². The van der Waals surface area contributed by atoms with Gasteiger partial charge in [-0.25, -0.2) is 13.1 Å². The lowest BCUT2D eigenvalue weighted by Gasteiger charge is -2.13. The van der Waals surface area contributed by atoms with Crippen molar-refractivity contribution in [2.24, 2.45) is 0 Å². The summed E-state index contributed by atoms with van der Waals surface area (Å²) >= 11 is 1.09. The summed E-state index contributed by atoms with van der Waals surface area (Å²) in [5.41, 5.74) is 7.42. The van der Waals surface area contributed by atoms with Gasteiger partial charge in [-0.15, -0.1) is 11.3 Å². The van der Waals surface area contributed by atoms with Crippen molar-refractivity contribution in [3.05, 3.63) is 28.5 Å². The molecule has 2 aromatic heterocycles. The van der Waals surface area contributed by atoms with Crippen LogP contribution in [0.3, 0.4) is 0 Å². The number of thiophene rings is 1. The lowest BCUT2D eigenvalue weighted by Crippen LogP contribution is -2.26. The van der Waals surface area contributed by atoms with Gasteiger partial charge in [0.15, 0.2) is 0 Å². The fourth-order valence-electron chi connectivity index (χ4n) is 1.93. The molecule has 0 radical (unpaired) electrons. The van der Waals surface area contributed by atoms with Crippen molar-refractivity contribution in [2.45, 2.75) is 31.0 Å². The molecule has 6 nitrogen and oxygen atoms in total. The molecule has 2 heterocycles. The maximum absolute atomic E-state index is 12.2. The first kappa shape index (κ1) is 14.0. The fraction of sp³-hybridized carbons (Fsp3) is 0.364. The van der Waals surface area contributed by atoms with Crippen molar-refractivity contribution in [3.63, 3.8) is 0 Å². The number of rotatable bonds is 4. The number of hydrogen-bond donors (Lipinski definition) is 2. The molecule has 0 aliphatic heterocycles. The van der Waals surface area contributed by atoms with E-state index in [1.54, 1.807) is 26.2 Å². The SMILES string of the molecule is Cc1noc(C)c1C(C)NS(=O)(=O)c1cc(N)cs1. The summed E-state index contributed by atoms with van der Waals surface area (Å²) in [6.07, 6.45) is 0. The highest BCUT2D eigenvalue weighted by Crippen LogP contribution is 2.26. The van der Waals surface area contributed by atoms with Gasteiger partial charge in [-0.2, -0.15) is 0 Å². The Morgan fingerprint density at radius 2 is 2.16 bits per heavy atom. The van der Waals surface area contributed by atoms with Crippen LogP contribution in [0, 0.1) is 13.8 Å². The first-order valence-electron chi connectivity index (χ1n) is 5.60. The number of nitrogens with zero attached hydrogens (tertiary/aromatic N) is 1. The average molecular weight is 301 g/mol. The van der Waals surface area contributed by atoms with Gasteiger partial charge in [0.25, 0.3) is 10.0 Å². The molecule has 0 bridgehead atoms. The number of sulfonamides is 1. The topological polar surface area (TPSA) is 98.2 Å². The van der Waals surface area contributed by atoms with Crippen LogP contribution in [0.15, 0.2) is 20.2 Å². The van der Waals surface area contributed by atoms with E-state index >= 15 is 0 Å². The van der Waals surface area contributed by atoms with Crippen LogP contribution < -0.4 is 10.5 Å². The lowest BCUT2D eigenvalue weighted by atomic mass is 10.1. The van der Waals surface area contributed by atoms with Crippen LogP contribution in [0.4, 0.5) is 5.69 Å². The maximum atomic E-state index is 12.2. The van der Waals surface area contributed by atoms with E-state index in [1.165, 1.54) is 6.07 Å². The summed E-state index contributed by atoms with van der Waals surface area (Å²) in [6, 6.07) is 1.02. The van der Waals surface area contributed by atoms with E-state index in [-0.39, 0.29) is 4.21 Å². The van der Waals surface area contributed by atoms with E-state index in [2.05, 4.69) is 9.88 Å². The van der Waals surface area contributed by atoms with Crippen molar-refractivity contribution in [2.75, 3.05) is 5.73 Å². The van der Waals surface area contributed by atoms with Crippen LogP contribution in [-0.4, -0.2) is 13.6 Å². The Kier molecular flexibility index (Phi) is 3.66. The molecule has 2 rings (SSSR count). The Balaban J connectivity index is 2.26. The Labute approximate surface area is 115 Å². The smallest absolute Gasteiger partial charge is 0.250 e. The van der Waals surface area contributed by atoms with Crippen LogP contribution in [0.5, 0.6) is 0 Å². The zero-order valence-electron chi connectivity index (χ0n) is 10.8. The third kappa shape index (κ3) is 2.80.